The van der Waals surface area contributed by atoms with Crippen LogP contribution >= 0.6 is 0 Å². The van der Waals surface area contributed by atoms with Gasteiger partial charge in [0.25, 0.3) is 0 Å². The van der Waals surface area contributed by atoms with Crippen molar-refractivity contribution in [3.05, 3.63) is 59.6 Å². The number of aromatic carboxylic acids is 1. The SMILES string of the molecule is CCn1cc(C(=O)O)c(=Nc2ccccc2)c2cc3c(cc21)OCO3. The molecule has 2 aromatic carbocycles. The molecule has 0 fully saturated rings. The Morgan fingerprint density at radius 3 is 2.60 bits per heavy atom. The second-order valence-corrected chi connectivity index (χ2v) is 5.65. The first-order chi connectivity index (χ1) is 12.2. The van der Waals surface area contributed by atoms with E-state index in [0.29, 0.717) is 29.1 Å². The minimum Gasteiger partial charge on any atom is -0.478 e. The van der Waals surface area contributed by atoms with Gasteiger partial charge in [-0.1, -0.05) is 18.2 Å². The largest absolute Gasteiger partial charge is 0.478 e. The van der Waals surface area contributed by atoms with Gasteiger partial charge in [0.15, 0.2) is 11.5 Å². The predicted molar refractivity (Wildman–Crippen MR) is 92.4 cm³/mol. The molecule has 126 valence electrons. The molecule has 2 heterocycles. The lowest BCUT2D eigenvalue weighted by atomic mass is 10.1. The Bertz CT molecular complexity index is 1040. The van der Waals surface area contributed by atoms with Gasteiger partial charge in [0.2, 0.25) is 6.79 Å². The quantitative estimate of drug-likeness (QED) is 0.796. The summed E-state index contributed by atoms with van der Waals surface area (Å²) in [5.74, 6) is 0.238. The van der Waals surface area contributed by atoms with Crippen LogP contribution in [0.1, 0.15) is 17.3 Å². The maximum absolute atomic E-state index is 11.8. The summed E-state index contributed by atoms with van der Waals surface area (Å²) in [6.07, 6.45) is 1.62. The standard InChI is InChI=1S/C19H16N2O4/c1-2-21-10-14(19(22)23)18(20-12-6-4-3-5-7-12)13-8-16-17(9-15(13)21)25-11-24-16/h3-10H,2,11H2,1H3,(H,22,23). The van der Waals surface area contributed by atoms with Crippen LogP contribution in [0.2, 0.25) is 0 Å². The van der Waals surface area contributed by atoms with Crippen molar-refractivity contribution >= 4 is 22.6 Å². The number of rotatable bonds is 3. The molecule has 0 unspecified atom stereocenters. The van der Waals surface area contributed by atoms with E-state index in [9.17, 15) is 9.90 Å². The van der Waals surface area contributed by atoms with E-state index in [1.54, 1.807) is 12.3 Å². The molecule has 4 rings (SSSR count). The van der Waals surface area contributed by atoms with Gasteiger partial charge in [0.05, 0.1) is 16.6 Å². The van der Waals surface area contributed by atoms with Gasteiger partial charge in [-0.25, -0.2) is 9.79 Å². The third-order valence-corrected chi connectivity index (χ3v) is 4.16. The van der Waals surface area contributed by atoms with Gasteiger partial charge in [-0.2, -0.15) is 0 Å². The van der Waals surface area contributed by atoms with Crippen LogP contribution in [0.4, 0.5) is 5.69 Å². The number of benzene rings is 2. The monoisotopic (exact) mass is 336 g/mol. The summed E-state index contributed by atoms with van der Waals surface area (Å²) in [5, 5.41) is 10.8. The van der Waals surface area contributed by atoms with Gasteiger partial charge in [0, 0.05) is 24.2 Å². The number of carboxylic acid groups (broad SMARTS) is 1. The third-order valence-electron chi connectivity index (χ3n) is 4.16. The molecule has 0 amide bonds. The first-order valence-corrected chi connectivity index (χ1v) is 7.97. The maximum Gasteiger partial charge on any atom is 0.339 e. The summed E-state index contributed by atoms with van der Waals surface area (Å²) in [6.45, 7) is 2.75. The molecule has 0 saturated carbocycles. The number of pyridine rings is 1. The molecule has 3 aromatic rings. The highest BCUT2D eigenvalue weighted by atomic mass is 16.7. The zero-order chi connectivity index (χ0) is 17.4. The maximum atomic E-state index is 11.8. The van der Waals surface area contributed by atoms with E-state index >= 15 is 0 Å². The Morgan fingerprint density at radius 1 is 1.20 bits per heavy atom. The summed E-state index contributed by atoms with van der Waals surface area (Å²) in [5.41, 5.74) is 1.70. The van der Waals surface area contributed by atoms with Crippen LogP contribution in [0.5, 0.6) is 11.5 Å². The fraction of sp³-hybridized carbons (Fsp3) is 0.158. The number of carbonyl (C=O) groups is 1. The Kier molecular flexibility index (Phi) is 3.65. The fourth-order valence-electron chi connectivity index (χ4n) is 2.96. The van der Waals surface area contributed by atoms with Crippen molar-refractivity contribution in [2.45, 2.75) is 13.5 Å². The Morgan fingerprint density at radius 2 is 1.92 bits per heavy atom. The van der Waals surface area contributed by atoms with E-state index in [2.05, 4.69) is 4.99 Å². The molecular formula is C19H16N2O4. The molecule has 0 aliphatic carbocycles. The van der Waals surface area contributed by atoms with E-state index in [1.165, 1.54) is 0 Å². The molecule has 25 heavy (non-hydrogen) atoms. The number of aryl methyl sites for hydroxylation is 1. The normalized spacial score (nSPS) is 13.4. The molecule has 1 aromatic heterocycles. The van der Waals surface area contributed by atoms with Crippen LogP contribution < -0.4 is 14.8 Å². The van der Waals surface area contributed by atoms with Crippen LogP contribution in [0.25, 0.3) is 10.9 Å². The summed E-state index contributed by atoms with van der Waals surface area (Å²) in [6, 6.07) is 13.0. The van der Waals surface area contributed by atoms with Crippen LogP contribution in [-0.2, 0) is 6.54 Å². The van der Waals surface area contributed by atoms with Crippen LogP contribution in [0.3, 0.4) is 0 Å². The molecule has 0 radical (unpaired) electrons. The third kappa shape index (κ3) is 2.61. The first kappa shape index (κ1) is 15.3. The molecule has 0 saturated heterocycles. The molecule has 0 atom stereocenters. The van der Waals surface area contributed by atoms with Crippen LogP contribution in [-0.4, -0.2) is 22.4 Å². The predicted octanol–water partition coefficient (Wildman–Crippen LogP) is 3.32. The highest BCUT2D eigenvalue weighted by molar-refractivity contribution is 5.93. The molecule has 0 spiro atoms. The summed E-state index contributed by atoms with van der Waals surface area (Å²) in [7, 11) is 0. The average Bonchev–Trinajstić information content (AvgIpc) is 3.08. The van der Waals surface area contributed by atoms with E-state index in [0.717, 1.165) is 10.9 Å². The van der Waals surface area contributed by atoms with Crippen molar-refractivity contribution in [1.29, 1.82) is 0 Å². The highest BCUT2D eigenvalue weighted by Gasteiger charge is 2.19. The van der Waals surface area contributed by atoms with E-state index in [1.807, 2.05) is 47.9 Å². The van der Waals surface area contributed by atoms with Crippen molar-refractivity contribution in [3.63, 3.8) is 0 Å². The zero-order valence-corrected chi connectivity index (χ0v) is 13.6. The lowest BCUT2D eigenvalue weighted by Gasteiger charge is -2.12. The number of ether oxygens (including phenoxy) is 2. The number of fused-ring (bicyclic) bond motifs is 2. The van der Waals surface area contributed by atoms with Gasteiger partial charge in [-0.15, -0.1) is 0 Å². The molecule has 1 aliphatic rings. The molecule has 0 bridgehead atoms. The Hall–Kier alpha value is -3.28. The van der Waals surface area contributed by atoms with Gasteiger partial charge >= 0.3 is 5.97 Å². The Balaban J connectivity index is 2.13. The van der Waals surface area contributed by atoms with Crippen molar-refractivity contribution in [1.82, 2.24) is 4.57 Å². The van der Waals surface area contributed by atoms with Gasteiger partial charge in [-0.3, -0.25) is 0 Å². The summed E-state index contributed by atoms with van der Waals surface area (Å²) >= 11 is 0. The number of carboxylic acids is 1. The van der Waals surface area contributed by atoms with Gasteiger partial charge < -0.3 is 19.1 Å². The van der Waals surface area contributed by atoms with Crippen molar-refractivity contribution in [2.24, 2.45) is 4.99 Å². The fourth-order valence-corrected chi connectivity index (χ4v) is 2.96. The Labute approximate surface area is 143 Å². The average molecular weight is 336 g/mol. The number of hydrogen-bond donors (Lipinski definition) is 1. The summed E-state index contributed by atoms with van der Waals surface area (Å²) in [4.78, 5) is 16.4. The second kappa shape index (κ2) is 5.98. The highest BCUT2D eigenvalue weighted by Crippen LogP contribution is 2.35. The lowest BCUT2D eigenvalue weighted by Crippen LogP contribution is -2.20. The van der Waals surface area contributed by atoms with Crippen molar-refractivity contribution in [3.8, 4) is 11.5 Å². The molecule has 1 aliphatic heterocycles. The minimum absolute atomic E-state index is 0.150. The number of para-hydroxylation sites is 1. The molecule has 6 nitrogen and oxygen atoms in total. The van der Waals surface area contributed by atoms with Crippen molar-refractivity contribution < 1.29 is 19.4 Å². The first-order valence-electron chi connectivity index (χ1n) is 7.97. The minimum atomic E-state index is -1.02. The smallest absolute Gasteiger partial charge is 0.339 e. The van der Waals surface area contributed by atoms with Gasteiger partial charge in [0.1, 0.15) is 5.56 Å². The van der Waals surface area contributed by atoms with E-state index in [-0.39, 0.29) is 12.4 Å². The van der Waals surface area contributed by atoms with Crippen LogP contribution in [0, 0.1) is 0 Å². The summed E-state index contributed by atoms with van der Waals surface area (Å²) < 4.78 is 12.8. The van der Waals surface area contributed by atoms with Gasteiger partial charge in [-0.05, 0) is 25.1 Å². The second-order valence-electron chi connectivity index (χ2n) is 5.65. The molecule has 1 N–H and O–H groups in total. The molecule has 6 heteroatoms. The number of nitrogens with zero attached hydrogens (tertiary/aromatic N) is 2. The van der Waals surface area contributed by atoms with E-state index < -0.39 is 5.97 Å². The topological polar surface area (TPSA) is 73.1 Å². The lowest BCUT2D eigenvalue weighted by molar-refractivity contribution is 0.0694. The van der Waals surface area contributed by atoms with Crippen molar-refractivity contribution in [2.75, 3.05) is 6.79 Å². The molecular weight excluding hydrogens is 320 g/mol. The zero-order valence-electron chi connectivity index (χ0n) is 13.6. The number of hydrogen-bond acceptors (Lipinski definition) is 4. The van der Waals surface area contributed by atoms with E-state index in [4.69, 9.17) is 9.47 Å². The number of aromatic nitrogens is 1. The van der Waals surface area contributed by atoms with Crippen LogP contribution in [0.15, 0.2) is 53.7 Å².